The van der Waals surface area contributed by atoms with Crippen molar-refractivity contribution in [3.05, 3.63) is 0 Å². The van der Waals surface area contributed by atoms with Crippen LogP contribution in [-0.2, 0) is 14.3 Å². The van der Waals surface area contributed by atoms with Gasteiger partial charge in [-0.3, -0.25) is 4.79 Å². The molecule has 3 nitrogen and oxygen atoms in total. The second-order valence-electron chi connectivity index (χ2n) is 11.9. The monoisotopic (exact) mass is 523 g/mol. The van der Waals surface area contributed by atoms with Gasteiger partial charge >= 0.3 is 5.97 Å². The third kappa shape index (κ3) is 21.0. The summed E-state index contributed by atoms with van der Waals surface area (Å²) < 4.78 is 11.3. The zero-order valence-electron chi connectivity index (χ0n) is 25.5. The number of hydrogen-bond donors (Lipinski definition) is 0. The smallest absolute Gasteiger partial charge is 0.305 e. The topological polar surface area (TPSA) is 38.8 Å². The van der Waals surface area contributed by atoms with Crippen LogP contribution < -0.4 is 0 Å². The van der Waals surface area contributed by atoms with Crippen molar-refractivity contribution in [2.75, 3.05) is 6.61 Å². The van der Waals surface area contributed by atoms with E-state index in [1.54, 1.807) is 0 Å². The van der Waals surface area contributed by atoms with Gasteiger partial charge in [0.05, 0.1) is 18.8 Å². The van der Waals surface area contributed by atoms with Gasteiger partial charge in [-0.05, 0) is 38.0 Å². The minimum Gasteiger partial charge on any atom is -0.466 e. The Morgan fingerprint density at radius 2 is 1.03 bits per heavy atom. The molecule has 0 amide bonds. The average Bonchev–Trinajstić information content (AvgIpc) is 3.69. The fraction of sp³-hybridized carbons (Fsp3) is 0.971. The highest BCUT2D eigenvalue weighted by atomic mass is 16.6. The average molecular weight is 523 g/mol. The maximum atomic E-state index is 11.7. The van der Waals surface area contributed by atoms with Crippen LogP contribution in [0.3, 0.4) is 0 Å². The minimum absolute atomic E-state index is 0.0100. The van der Waals surface area contributed by atoms with Gasteiger partial charge in [0.1, 0.15) is 0 Å². The molecule has 1 aliphatic heterocycles. The highest BCUT2D eigenvalue weighted by Crippen LogP contribution is 2.37. The van der Waals surface area contributed by atoms with Crippen LogP contribution in [0.15, 0.2) is 0 Å². The van der Waals surface area contributed by atoms with E-state index in [-0.39, 0.29) is 5.97 Å². The Labute approximate surface area is 232 Å². The molecule has 0 bridgehead atoms. The third-order valence-corrected chi connectivity index (χ3v) is 8.38. The molecule has 0 aliphatic carbocycles. The van der Waals surface area contributed by atoms with Gasteiger partial charge in [0, 0.05) is 6.42 Å². The fourth-order valence-electron chi connectivity index (χ4n) is 5.79. The molecule has 0 aromatic rings. The van der Waals surface area contributed by atoms with Gasteiger partial charge in [-0.25, -0.2) is 0 Å². The van der Waals surface area contributed by atoms with Crippen molar-refractivity contribution in [3.8, 4) is 0 Å². The molecule has 1 fully saturated rings. The van der Waals surface area contributed by atoms with E-state index in [1.807, 2.05) is 0 Å². The first-order chi connectivity index (χ1) is 18.2. The second kappa shape index (κ2) is 25.7. The molecule has 37 heavy (non-hydrogen) atoms. The molecule has 3 atom stereocenters. The van der Waals surface area contributed by atoms with Crippen LogP contribution in [0, 0.1) is 5.92 Å². The van der Waals surface area contributed by atoms with E-state index < -0.39 is 0 Å². The molecule has 3 unspecified atom stereocenters. The SMILES string of the molecule is CCCCCCCCC(CCCCCCCCCCCCCCC(=O)OCCCCCC)C1OC1CC. The number of ether oxygens (including phenoxy) is 2. The number of rotatable bonds is 29. The van der Waals surface area contributed by atoms with Crippen molar-refractivity contribution in [2.24, 2.45) is 5.92 Å². The van der Waals surface area contributed by atoms with E-state index in [2.05, 4.69) is 20.8 Å². The molecule has 0 saturated carbocycles. The van der Waals surface area contributed by atoms with E-state index in [4.69, 9.17) is 9.47 Å². The van der Waals surface area contributed by atoms with Gasteiger partial charge in [-0.1, -0.05) is 149 Å². The zero-order chi connectivity index (χ0) is 26.8. The lowest BCUT2D eigenvalue weighted by atomic mass is 9.89. The molecule has 220 valence electrons. The van der Waals surface area contributed by atoms with E-state index in [0.29, 0.717) is 25.2 Å². The summed E-state index contributed by atoms with van der Waals surface area (Å²) in [5, 5.41) is 0. The summed E-state index contributed by atoms with van der Waals surface area (Å²) in [4.78, 5) is 11.7. The number of carbonyl (C=O) groups excluding carboxylic acids is 1. The number of carbonyl (C=O) groups is 1. The predicted octanol–water partition coefficient (Wildman–Crippen LogP) is 11.1. The van der Waals surface area contributed by atoms with Crippen molar-refractivity contribution < 1.29 is 14.3 Å². The highest BCUT2D eigenvalue weighted by molar-refractivity contribution is 5.69. The Morgan fingerprint density at radius 1 is 0.595 bits per heavy atom. The first-order valence-electron chi connectivity index (χ1n) is 17.0. The Balaban J connectivity index is 1.86. The highest BCUT2D eigenvalue weighted by Gasteiger charge is 2.42. The molecule has 1 rings (SSSR count). The molecule has 0 spiro atoms. The maximum absolute atomic E-state index is 11.7. The van der Waals surface area contributed by atoms with Crippen LogP contribution in [-0.4, -0.2) is 24.8 Å². The van der Waals surface area contributed by atoms with Crippen molar-refractivity contribution in [1.29, 1.82) is 0 Å². The standard InChI is InChI=1S/C34H66O3/c1-4-7-9-11-20-23-27-31(34-32(6-3)37-34)28-24-21-18-16-14-12-13-15-17-19-22-25-29-33(35)36-30-26-10-8-5-2/h31-32,34H,4-30H2,1-3H3. The number of hydrogen-bond acceptors (Lipinski definition) is 3. The first-order valence-corrected chi connectivity index (χ1v) is 17.0. The molecule has 3 heteroatoms. The van der Waals surface area contributed by atoms with Gasteiger partial charge in [0.2, 0.25) is 0 Å². The molecule has 0 radical (unpaired) electrons. The van der Waals surface area contributed by atoms with Crippen LogP contribution in [0.4, 0.5) is 0 Å². The van der Waals surface area contributed by atoms with Gasteiger partial charge in [-0.15, -0.1) is 0 Å². The molecule has 0 aromatic heterocycles. The summed E-state index contributed by atoms with van der Waals surface area (Å²) >= 11 is 0. The quantitative estimate of drug-likeness (QED) is 0.0557. The first kappa shape index (κ1) is 34.5. The Hall–Kier alpha value is -0.570. The third-order valence-electron chi connectivity index (χ3n) is 8.38. The molecule has 1 saturated heterocycles. The molecule has 0 N–H and O–H groups in total. The van der Waals surface area contributed by atoms with Crippen LogP contribution in [0.5, 0.6) is 0 Å². The maximum Gasteiger partial charge on any atom is 0.305 e. The largest absolute Gasteiger partial charge is 0.466 e. The lowest BCUT2D eigenvalue weighted by Gasteiger charge is -2.15. The summed E-state index contributed by atoms with van der Waals surface area (Å²) in [5.74, 6) is 0.841. The summed E-state index contributed by atoms with van der Waals surface area (Å²) in [7, 11) is 0. The lowest BCUT2D eigenvalue weighted by Crippen LogP contribution is -2.11. The fourth-order valence-corrected chi connectivity index (χ4v) is 5.79. The summed E-state index contributed by atoms with van der Waals surface area (Å²) in [6.07, 6.45) is 34.9. The van der Waals surface area contributed by atoms with Gasteiger partial charge in [0.15, 0.2) is 0 Å². The van der Waals surface area contributed by atoms with Crippen molar-refractivity contribution in [2.45, 2.75) is 200 Å². The Kier molecular flexibility index (Phi) is 23.9. The van der Waals surface area contributed by atoms with Crippen LogP contribution in [0.1, 0.15) is 188 Å². The number of esters is 1. The summed E-state index contributed by atoms with van der Waals surface area (Å²) in [6.45, 7) is 7.40. The van der Waals surface area contributed by atoms with Crippen LogP contribution in [0.25, 0.3) is 0 Å². The molecular formula is C34H66O3. The second-order valence-corrected chi connectivity index (χ2v) is 11.9. The van der Waals surface area contributed by atoms with Crippen molar-refractivity contribution in [3.63, 3.8) is 0 Å². The van der Waals surface area contributed by atoms with E-state index in [0.717, 1.165) is 18.8 Å². The molecule has 0 aromatic carbocycles. The summed E-state index contributed by atoms with van der Waals surface area (Å²) in [5.41, 5.74) is 0. The van der Waals surface area contributed by atoms with E-state index in [1.165, 1.54) is 148 Å². The van der Waals surface area contributed by atoms with Crippen molar-refractivity contribution >= 4 is 5.97 Å². The normalized spacial score (nSPS) is 17.7. The van der Waals surface area contributed by atoms with Gasteiger partial charge < -0.3 is 9.47 Å². The predicted molar refractivity (Wildman–Crippen MR) is 160 cm³/mol. The van der Waals surface area contributed by atoms with E-state index in [9.17, 15) is 4.79 Å². The molecule has 1 aliphatic rings. The van der Waals surface area contributed by atoms with Crippen LogP contribution in [0.2, 0.25) is 0 Å². The van der Waals surface area contributed by atoms with Gasteiger partial charge in [-0.2, -0.15) is 0 Å². The summed E-state index contributed by atoms with van der Waals surface area (Å²) in [6, 6.07) is 0. The Morgan fingerprint density at radius 3 is 1.49 bits per heavy atom. The minimum atomic E-state index is 0.0100. The van der Waals surface area contributed by atoms with Crippen LogP contribution >= 0.6 is 0 Å². The molecular weight excluding hydrogens is 456 g/mol. The Bertz CT molecular complexity index is 491. The van der Waals surface area contributed by atoms with E-state index >= 15 is 0 Å². The molecule has 1 heterocycles. The number of epoxide rings is 1. The van der Waals surface area contributed by atoms with Crippen molar-refractivity contribution in [1.82, 2.24) is 0 Å². The van der Waals surface area contributed by atoms with Gasteiger partial charge in [0.25, 0.3) is 0 Å². The lowest BCUT2D eigenvalue weighted by molar-refractivity contribution is -0.143. The number of unbranched alkanes of at least 4 members (excludes halogenated alkanes) is 19. The zero-order valence-corrected chi connectivity index (χ0v) is 25.5.